The summed E-state index contributed by atoms with van der Waals surface area (Å²) < 4.78 is 49.4. The molecule has 2 aliphatic rings. The first kappa shape index (κ1) is 22.8. The summed E-state index contributed by atoms with van der Waals surface area (Å²) in [4.78, 5) is 11.2. The van der Waals surface area contributed by atoms with Crippen LogP contribution in [-0.2, 0) is 37.3 Å². The molecular formula is C19H28N2O8S. The van der Waals surface area contributed by atoms with Crippen LogP contribution in [0.5, 0.6) is 11.5 Å². The summed E-state index contributed by atoms with van der Waals surface area (Å²) in [6.07, 6.45) is -0.0876. The van der Waals surface area contributed by atoms with Crippen molar-refractivity contribution in [1.82, 2.24) is 9.37 Å². The number of hydrogen-bond donors (Lipinski definition) is 1. The summed E-state index contributed by atoms with van der Waals surface area (Å²) in [5.74, 6) is -0.296. The van der Waals surface area contributed by atoms with Gasteiger partial charge in [-0.1, -0.05) is 0 Å². The highest BCUT2D eigenvalue weighted by atomic mass is 32.2. The average molecular weight is 445 g/mol. The number of nitrogens with zero attached hydrogens (tertiary/aromatic N) is 2. The highest BCUT2D eigenvalue weighted by Crippen LogP contribution is 2.34. The molecule has 0 bridgehead atoms. The van der Waals surface area contributed by atoms with Gasteiger partial charge in [0.2, 0.25) is 16.4 Å². The molecule has 11 heteroatoms. The van der Waals surface area contributed by atoms with E-state index in [9.17, 15) is 18.4 Å². The number of ether oxygens (including phenoxy) is 4. The quantitative estimate of drug-likeness (QED) is 0.355. The molecule has 1 fully saturated rings. The van der Waals surface area contributed by atoms with Crippen LogP contribution in [-0.4, -0.2) is 80.5 Å². The third-order valence-corrected chi connectivity index (χ3v) is 7.23. The summed E-state index contributed by atoms with van der Waals surface area (Å²) in [6.45, 7) is 3.87. The lowest BCUT2D eigenvalue weighted by atomic mass is 10.0. The molecule has 3 rings (SSSR count). The summed E-state index contributed by atoms with van der Waals surface area (Å²) in [6, 6.07) is 2.53. The predicted molar refractivity (Wildman–Crippen MR) is 106 cm³/mol. The van der Waals surface area contributed by atoms with Gasteiger partial charge in [0.1, 0.15) is 12.1 Å². The Morgan fingerprint density at radius 2 is 1.93 bits per heavy atom. The van der Waals surface area contributed by atoms with Gasteiger partial charge in [0.05, 0.1) is 26.6 Å². The van der Waals surface area contributed by atoms with Crippen molar-refractivity contribution in [3.8, 4) is 11.5 Å². The second kappa shape index (κ2) is 8.67. The normalized spacial score (nSPS) is 22.2. The molecule has 1 N–H and O–H groups in total. The summed E-state index contributed by atoms with van der Waals surface area (Å²) in [5.41, 5.74) is 1.80. The van der Waals surface area contributed by atoms with E-state index in [4.69, 9.17) is 18.9 Å². The monoisotopic (exact) mass is 444 g/mol. The number of hydroxylamine groups is 2. The molecule has 0 aliphatic carbocycles. The smallest absolute Gasteiger partial charge is 0.233 e. The van der Waals surface area contributed by atoms with Crippen LogP contribution in [0.2, 0.25) is 0 Å². The van der Waals surface area contributed by atoms with Crippen LogP contribution in [0.15, 0.2) is 12.1 Å². The Hall–Kier alpha value is -1.92. The minimum Gasteiger partial charge on any atom is -0.493 e. The molecule has 1 amide bonds. The number of carbonyl (C=O) groups is 1. The Morgan fingerprint density at radius 1 is 1.30 bits per heavy atom. The van der Waals surface area contributed by atoms with Crippen molar-refractivity contribution in [2.45, 2.75) is 44.7 Å². The van der Waals surface area contributed by atoms with Crippen LogP contribution in [0.1, 0.15) is 25.0 Å². The Kier molecular flexibility index (Phi) is 6.58. The molecule has 30 heavy (non-hydrogen) atoms. The third kappa shape index (κ3) is 4.70. The van der Waals surface area contributed by atoms with Crippen LogP contribution in [0.4, 0.5) is 0 Å². The van der Waals surface area contributed by atoms with E-state index in [1.54, 1.807) is 27.0 Å². The van der Waals surface area contributed by atoms with Crippen LogP contribution < -0.4 is 9.47 Å². The number of hydrogen-bond acceptors (Lipinski definition) is 8. The Labute approximate surface area is 176 Å². The maximum absolute atomic E-state index is 13.1. The van der Waals surface area contributed by atoms with E-state index in [0.29, 0.717) is 23.0 Å². The number of fused-ring (bicyclic) bond motifs is 1. The fourth-order valence-electron chi connectivity index (χ4n) is 3.75. The van der Waals surface area contributed by atoms with Crippen LogP contribution >= 0.6 is 0 Å². The molecule has 168 valence electrons. The van der Waals surface area contributed by atoms with Gasteiger partial charge in [0, 0.05) is 13.1 Å². The zero-order valence-electron chi connectivity index (χ0n) is 17.5. The first-order chi connectivity index (χ1) is 14.1. The molecule has 0 radical (unpaired) electrons. The number of methoxy groups -OCH3 is 2. The molecule has 0 saturated carbocycles. The van der Waals surface area contributed by atoms with Crippen molar-refractivity contribution >= 4 is 16.4 Å². The number of sulfonamides is 1. The van der Waals surface area contributed by atoms with Gasteiger partial charge in [-0.15, -0.1) is 0 Å². The van der Waals surface area contributed by atoms with Crippen molar-refractivity contribution in [1.29, 1.82) is 0 Å². The first-order valence-corrected chi connectivity index (χ1v) is 11.2. The zero-order chi connectivity index (χ0) is 22.1. The van der Waals surface area contributed by atoms with Gasteiger partial charge in [-0.25, -0.2) is 13.5 Å². The predicted octanol–water partition coefficient (Wildman–Crippen LogP) is 0.759. The van der Waals surface area contributed by atoms with Gasteiger partial charge in [-0.2, -0.15) is 4.31 Å². The lowest BCUT2D eigenvalue weighted by molar-refractivity contribution is -0.182. The molecule has 1 aromatic carbocycles. The summed E-state index contributed by atoms with van der Waals surface area (Å²) >= 11 is 0. The van der Waals surface area contributed by atoms with Crippen molar-refractivity contribution in [3.05, 3.63) is 23.3 Å². The molecule has 1 aromatic rings. The molecular weight excluding hydrogens is 416 g/mol. The minimum absolute atomic E-state index is 0.0674. The fraction of sp³-hybridized carbons (Fsp3) is 0.632. The van der Waals surface area contributed by atoms with Gasteiger partial charge < -0.3 is 18.9 Å². The van der Waals surface area contributed by atoms with Gasteiger partial charge in [0.25, 0.3) is 0 Å². The van der Waals surface area contributed by atoms with Crippen LogP contribution in [0, 0.1) is 0 Å². The average Bonchev–Trinajstić information content (AvgIpc) is 3.09. The second-order valence-corrected chi connectivity index (χ2v) is 9.77. The van der Waals surface area contributed by atoms with Crippen molar-refractivity contribution in [3.63, 3.8) is 0 Å². The van der Waals surface area contributed by atoms with E-state index in [2.05, 4.69) is 0 Å². The van der Waals surface area contributed by atoms with Gasteiger partial charge >= 0.3 is 0 Å². The highest BCUT2D eigenvalue weighted by molar-refractivity contribution is 7.89. The maximum Gasteiger partial charge on any atom is 0.233 e. The molecule has 2 aliphatic heterocycles. The molecule has 1 saturated heterocycles. The fourth-order valence-corrected chi connectivity index (χ4v) is 5.47. The molecule has 0 aromatic heterocycles. The largest absolute Gasteiger partial charge is 0.493 e. The number of carbonyl (C=O) groups excluding carboxylic acids is 1. The Morgan fingerprint density at radius 3 is 2.47 bits per heavy atom. The Balaban J connectivity index is 1.80. The number of benzene rings is 1. The van der Waals surface area contributed by atoms with E-state index >= 15 is 0 Å². The highest BCUT2D eigenvalue weighted by Gasteiger charge is 2.43. The standard InChI is InChI=1S/C19H28N2O8S/c1-19(2)28-10-18(29-19)15(21(23)12-22)11-30(24,25)20-6-5-13-7-16(26-3)17(27-4)8-14(13)9-20/h7-8,12,15,18,23H,5-6,9-11H2,1-4H3/t15?,18-/m0/s1. The molecule has 2 atom stereocenters. The molecule has 10 nitrogen and oxygen atoms in total. The summed E-state index contributed by atoms with van der Waals surface area (Å²) in [5, 5.41) is 10.4. The number of rotatable bonds is 8. The molecule has 2 heterocycles. The van der Waals surface area contributed by atoms with Crippen molar-refractivity contribution in [2.24, 2.45) is 0 Å². The van der Waals surface area contributed by atoms with Crippen LogP contribution in [0.3, 0.4) is 0 Å². The van der Waals surface area contributed by atoms with Gasteiger partial charge in [-0.3, -0.25) is 10.0 Å². The van der Waals surface area contributed by atoms with Crippen molar-refractivity contribution < 1.29 is 37.4 Å². The van der Waals surface area contributed by atoms with Crippen molar-refractivity contribution in [2.75, 3.05) is 33.1 Å². The lowest BCUT2D eigenvalue weighted by Crippen LogP contribution is -2.50. The summed E-state index contributed by atoms with van der Waals surface area (Å²) in [7, 11) is -0.755. The van der Waals surface area contributed by atoms with Gasteiger partial charge in [0.15, 0.2) is 17.3 Å². The number of amides is 1. The molecule has 1 unspecified atom stereocenters. The first-order valence-electron chi connectivity index (χ1n) is 9.56. The second-order valence-electron chi connectivity index (χ2n) is 7.76. The van der Waals surface area contributed by atoms with E-state index in [1.807, 2.05) is 6.07 Å². The SMILES string of the molecule is COc1cc2c(cc1OC)CN(S(=O)(=O)CC([C@@H]1COC(C)(C)O1)N(O)C=O)CC2. The maximum atomic E-state index is 13.1. The topological polar surface area (TPSA) is 115 Å². The Bertz CT molecular complexity index is 889. The molecule has 0 spiro atoms. The zero-order valence-corrected chi connectivity index (χ0v) is 18.3. The lowest BCUT2D eigenvalue weighted by Gasteiger charge is -2.32. The van der Waals surface area contributed by atoms with E-state index in [1.165, 1.54) is 11.4 Å². The van der Waals surface area contributed by atoms with Gasteiger partial charge in [-0.05, 0) is 43.5 Å². The van der Waals surface area contributed by atoms with E-state index < -0.39 is 33.7 Å². The van der Waals surface area contributed by atoms with E-state index in [0.717, 1.165) is 11.1 Å². The van der Waals surface area contributed by atoms with Crippen LogP contribution in [0.25, 0.3) is 0 Å². The third-order valence-electron chi connectivity index (χ3n) is 5.37. The van der Waals surface area contributed by atoms with E-state index in [-0.39, 0.29) is 26.1 Å². The minimum atomic E-state index is -3.83.